The van der Waals surface area contributed by atoms with E-state index in [0.29, 0.717) is 12.1 Å². The first kappa shape index (κ1) is 14.5. The lowest BCUT2D eigenvalue weighted by Crippen LogP contribution is -2.53. The quantitative estimate of drug-likeness (QED) is 0.854. The molecule has 1 fully saturated rings. The Morgan fingerprint density at radius 3 is 2.89 bits per heavy atom. The van der Waals surface area contributed by atoms with Crippen molar-refractivity contribution < 1.29 is 0 Å². The molecule has 0 bridgehead atoms. The molecule has 1 saturated heterocycles. The summed E-state index contributed by atoms with van der Waals surface area (Å²) in [4.78, 5) is 9.10. The van der Waals surface area contributed by atoms with Crippen LogP contribution in [0.5, 0.6) is 0 Å². The van der Waals surface area contributed by atoms with Crippen LogP contribution in [0, 0.1) is 0 Å². The minimum absolute atomic E-state index is 0.475. The van der Waals surface area contributed by atoms with Gasteiger partial charge in [-0.05, 0) is 27.9 Å². The highest BCUT2D eigenvalue weighted by molar-refractivity contribution is 4.99. The summed E-state index contributed by atoms with van der Waals surface area (Å²) in [6, 6.07) is 1.08. The van der Waals surface area contributed by atoms with Gasteiger partial charge in [0.25, 0.3) is 0 Å². The second kappa shape index (κ2) is 6.50. The van der Waals surface area contributed by atoms with Crippen LogP contribution in [0.3, 0.4) is 0 Å². The lowest BCUT2D eigenvalue weighted by atomic mass is 10.2. The molecule has 0 spiro atoms. The fraction of sp³-hybridized carbons (Fsp3) is 0.786. The Balaban J connectivity index is 1.81. The normalized spacial score (nSPS) is 22.3. The second-order valence-electron chi connectivity index (χ2n) is 5.91. The van der Waals surface area contributed by atoms with Crippen molar-refractivity contribution in [3.8, 4) is 0 Å². The van der Waals surface area contributed by atoms with E-state index in [0.717, 1.165) is 26.2 Å². The van der Waals surface area contributed by atoms with Gasteiger partial charge in [-0.3, -0.25) is 4.90 Å². The fourth-order valence-electron chi connectivity index (χ4n) is 2.62. The molecule has 0 saturated carbocycles. The molecular formula is C14H27N5. The van der Waals surface area contributed by atoms with Gasteiger partial charge in [0.2, 0.25) is 0 Å². The number of piperazine rings is 1. The van der Waals surface area contributed by atoms with Gasteiger partial charge in [-0.15, -0.1) is 0 Å². The Labute approximate surface area is 116 Å². The third-order valence-electron chi connectivity index (χ3n) is 3.97. The number of likely N-dealkylation sites (N-methyl/N-ethyl adjacent to an activating group) is 2. The highest BCUT2D eigenvalue weighted by atomic mass is 15.3. The first-order valence-corrected chi connectivity index (χ1v) is 7.18. The molecule has 1 N–H and O–H groups in total. The second-order valence-corrected chi connectivity index (χ2v) is 5.91. The number of nitrogens with zero attached hydrogens (tertiary/aromatic N) is 4. The van der Waals surface area contributed by atoms with Crippen molar-refractivity contribution in [1.29, 1.82) is 0 Å². The summed E-state index contributed by atoms with van der Waals surface area (Å²) in [5.74, 6) is 0. The molecule has 1 aromatic heterocycles. The SMILES string of the molecule is CC(C)n1cncc1CNCC1CN(C)CCN1C. The maximum absolute atomic E-state index is 4.24. The van der Waals surface area contributed by atoms with Crippen molar-refractivity contribution in [3.05, 3.63) is 18.2 Å². The van der Waals surface area contributed by atoms with Crippen molar-refractivity contribution in [3.63, 3.8) is 0 Å². The number of hydrogen-bond donors (Lipinski definition) is 1. The van der Waals surface area contributed by atoms with Crippen molar-refractivity contribution >= 4 is 0 Å². The van der Waals surface area contributed by atoms with Crippen LogP contribution < -0.4 is 5.32 Å². The molecule has 1 aromatic rings. The highest BCUT2D eigenvalue weighted by Gasteiger charge is 2.21. The van der Waals surface area contributed by atoms with Gasteiger partial charge in [-0.25, -0.2) is 4.98 Å². The molecule has 0 radical (unpaired) electrons. The number of nitrogens with one attached hydrogen (secondary N) is 1. The molecule has 5 heteroatoms. The summed E-state index contributed by atoms with van der Waals surface area (Å²) >= 11 is 0. The van der Waals surface area contributed by atoms with E-state index in [2.05, 4.69) is 52.6 Å². The summed E-state index contributed by atoms with van der Waals surface area (Å²) in [6.07, 6.45) is 3.88. The molecular weight excluding hydrogens is 238 g/mol. The van der Waals surface area contributed by atoms with Gasteiger partial charge in [0.15, 0.2) is 0 Å². The van der Waals surface area contributed by atoms with Crippen LogP contribution in [0.2, 0.25) is 0 Å². The van der Waals surface area contributed by atoms with Gasteiger partial charge < -0.3 is 14.8 Å². The third-order valence-corrected chi connectivity index (χ3v) is 3.97. The van der Waals surface area contributed by atoms with E-state index in [-0.39, 0.29) is 0 Å². The van der Waals surface area contributed by atoms with Crippen LogP contribution in [0.4, 0.5) is 0 Å². The minimum Gasteiger partial charge on any atom is -0.331 e. The van der Waals surface area contributed by atoms with Crippen molar-refractivity contribution in [1.82, 2.24) is 24.7 Å². The molecule has 1 aliphatic heterocycles. The predicted molar refractivity (Wildman–Crippen MR) is 78.2 cm³/mol. The van der Waals surface area contributed by atoms with Crippen LogP contribution >= 0.6 is 0 Å². The van der Waals surface area contributed by atoms with Gasteiger partial charge in [0.1, 0.15) is 0 Å². The number of aromatic nitrogens is 2. The molecule has 0 amide bonds. The van der Waals surface area contributed by atoms with E-state index in [4.69, 9.17) is 0 Å². The van der Waals surface area contributed by atoms with Crippen molar-refractivity contribution in [2.45, 2.75) is 32.5 Å². The fourth-order valence-corrected chi connectivity index (χ4v) is 2.62. The van der Waals surface area contributed by atoms with E-state index in [1.807, 2.05) is 12.5 Å². The van der Waals surface area contributed by atoms with Crippen molar-refractivity contribution in [2.24, 2.45) is 0 Å². The Morgan fingerprint density at radius 1 is 1.37 bits per heavy atom. The Hall–Kier alpha value is -0.910. The van der Waals surface area contributed by atoms with E-state index in [1.54, 1.807) is 0 Å². The molecule has 2 heterocycles. The monoisotopic (exact) mass is 265 g/mol. The molecule has 5 nitrogen and oxygen atoms in total. The zero-order valence-electron chi connectivity index (χ0n) is 12.6. The lowest BCUT2D eigenvalue weighted by molar-refractivity contribution is 0.113. The molecule has 19 heavy (non-hydrogen) atoms. The van der Waals surface area contributed by atoms with Gasteiger partial charge >= 0.3 is 0 Å². The average molecular weight is 265 g/mol. The summed E-state index contributed by atoms with van der Waals surface area (Å²) < 4.78 is 2.23. The first-order chi connectivity index (χ1) is 9.08. The van der Waals surface area contributed by atoms with Crippen LogP contribution in [0.1, 0.15) is 25.6 Å². The minimum atomic E-state index is 0.475. The average Bonchev–Trinajstić information content (AvgIpc) is 2.82. The van der Waals surface area contributed by atoms with E-state index in [9.17, 15) is 0 Å². The number of hydrogen-bond acceptors (Lipinski definition) is 4. The van der Waals surface area contributed by atoms with Crippen LogP contribution in [-0.4, -0.2) is 65.7 Å². The predicted octanol–water partition coefficient (Wildman–Crippen LogP) is 0.799. The van der Waals surface area contributed by atoms with Crippen LogP contribution in [-0.2, 0) is 6.54 Å². The van der Waals surface area contributed by atoms with Crippen LogP contribution in [0.25, 0.3) is 0 Å². The summed E-state index contributed by atoms with van der Waals surface area (Å²) in [5, 5.41) is 3.57. The lowest BCUT2D eigenvalue weighted by Gasteiger charge is -2.37. The number of imidazole rings is 1. The van der Waals surface area contributed by atoms with Crippen molar-refractivity contribution in [2.75, 3.05) is 40.3 Å². The highest BCUT2D eigenvalue weighted by Crippen LogP contribution is 2.09. The Kier molecular flexibility index (Phi) is 4.96. The zero-order chi connectivity index (χ0) is 13.8. The number of rotatable bonds is 5. The van der Waals surface area contributed by atoms with Gasteiger partial charge in [-0.2, -0.15) is 0 Å². The molecule has 2 rings (SSSR count). The third kappa shape index (κ3) is 3.78. The topological polar surface area (TPSA) is 36.3 Å². The Bertz CT molecular complexity index is 387. The molecule has 1 unspecified atom stereocenters. The van der Waals surface area contributed by atoms with E-state index >= 15 is 0 Å². The van der Waals surface area contributed by atoms with E-state index < -0.39 is 0 Å². The molecule has 108 valence electrons. The van der Waals surface area contributed by atoms with Gasteiger partial charge in [0.05, 0.1) is 12.0 Å². The van der Waals surface area contributed by atoms with Gasteiger partial charge in [0, 0.05) is 51.0 Å². The molecule has 0 aromatic carbocycles. The largest absolute Gasteiger partial charge is 0.331 e. The standard InChI is InChI=1S/C14H27N5/c1-12(2)19-11-16-8-13(19)7-15-9-14-10-17(3)5-6-18(14)4/h8,11-12,14-15H,5-7,9-10H2,1-4H3. The van der Waals surface area contributed by atoms with Gasteiger partial charge in [-0.1, -0.05) is 0 Å². The molecule has 1 aliphatic rings. The smallest absolute Gasteiger partial charge is 0.0951 e. The van der Waals surface area contributed by atoms with Crippen LogP contribution in [0.15, 0.2) is 12.5 Å². The summed E-state index contributed by atoms with van der Waals surface area (Å²) in [5.41, 5.74) is 1.27. The Morgan fingerprint density at radius 2 is 2.16 bits per heavy atom. The summed E-state index contributed by atoms with van der Waals surface area (Å²) in [7, 11) is 4.42. The maximum Gasteiger partial charge on any atom is 0.0951 e. The molecule has 0 aliphatic carbocycles. The first-order valence-electron chi connectivity index (χ1n) is 7.18. The van der Waals surface area contributed by atoms with E-state index in [1.165, 1.54) is 12.2 Å². The molecule has 1 atom stereocenters. The maximum atomic E-state index is 4.24. The summed E-state index contributed by atoms with van der Waals surface area (Å²) in [6.45, 7) is 9.79. The zero-order valence-corrected chi connectivity index (χ0v) is 12.6.